The molecule has 2 aromatic carbocycles. The number of sulfonamides is 1. The van der Waals surface area contributed by atoms with Crippen molar-refractivity contribution in [3.05, 3.63) is 71.9 Å². The molecule has 3 aromatic rings. The molecule has 0 bridgehead atoms. The topological polar surface area (TPSA) is 70.6 Å². The van der Waals surface area contributed by atoms with Gasteiger partial charge in [0.2, 0.25) is 15.9 Å². The third-order valence-electron chi connectivity index (χ3n) is 5.31. The second-order valence-corrected chi connectivity index (χ2v) is 9.20. The molecule has 1 aliphatic rings. The summed E-state index contributed by atoms with van der Waals surface area (Å²) in [7, 11) is -3.53. The molecule has 1 fully saturated rings. The number of aromatic nitrogens is 1. The third kappa shape index (κ3) is 4.02. The van der Waals surface area contributed by atoms with E-state index in [1.165, 1.54) is 4.31 Å². The van der Waals surface area contributed by atoms with Crippen molar-refractivity contribution in [3.63, 3.8) is 0 Å². The van der Waals surface area contributed by atoms with Crippen molar-refractivity contribution in [3.8, 4) is 0 Å². The highest BCUT2D eigenvalue weighted by Crippen LogP contribution is 2.20. The van der Waals surface area contributed by atoms with Gasteiger partial charge in [0.1, 0.15) is 0 Å². The Hall–Kier alpha value is -2.77. The van der Waals surface area contributed by atoms with E-state index in [-0.39, 0.29) is 12.3 Å². The molecule has 2 heterocycles. The van der Waals surface area contributed by atoms with Crippen LogP contribution in [0.1, 0.15) is 11.1 Å². The van der Waals surface area contributed by atoms with Gasteiger partial charge in [-0.25, -0.2) is 8.42 Å². The fourth-order valence-corrected chi connectivity index (χ4v) is 5.04. The zero-order valence-electron chi connectivity index (χ0n) is 16.3. The minimum absolute atomic E-state index is 0.00413. The van der Waals surface area contributed by atoms with Crippen molar-refractivity contribution in [2.24, 2.45) is 0 Å². The van der Waals surface area contributed by atoms with Crippen LogP contribution in [0.5, 0.6) is 0 Å². The summed E-state index contributed by atoms with van der Waals surface area (Å²) in [6, 6.07) is 16.5. The van der Waals surface area contributed by atoms with Crippen LogP contribution in [0.25, 0.3) is 10.9 Å². The van der Waals surface area contributed by atoms with Crippen LogP contribution in [0.4, 0.5) is 0 Å². The van der Waals surface area contributed by atoms with E-state index in [0.29, 0.717) is 31.1 Å². The number of benzene rings is 2. The maximum Gasteiger partial charge on any atom is 0.243 e. The standard InChI is InChI=1S/C22H23N3O3S/c1-17-7-9-20(10-8-17)29(27,28)25-14-12-24(13-15-25)21(26)16-19-5-2-4-18-6-3-11-23-22(18)19/h2-11H,12-16H2,1H3. The largest absolute Gasteiger partial charge is 0.340 e. The minimum Gasteiger partial charge on any atom is -0.340 e. The van der Waals surface area contributed by atoms with Crippen LogP contribution in [0.3, 0.4) is 0 Å². The summed E-state index contributed by atoms with van der Waals surface area (Å²) >= 11 is 0. The van der Waals surface area contributed by atoms with Crippen molar-refractivity contribution in [1.82, 2.24) is 14.2 Å². The first kappa shape index (κ1) is 19.5. The lowest BCUT2D eigenvalue weighted by Crippen LogP contribution is -2.50. The maximum absolute atomic E-state index is 12.8. The molecule has 29 heavy (non-hydrogen) atoms. The maximum atomic E-state index is 12.8. The monoisotopic (exact) mass is 409 g/mol. The predicted molar refractivity (Wildman–Crippen MR) is 112 cm³/mol. The zero-order valence-corrected chi connectivity index (χ0v) is 17.1. The molecule has 1 saturated heterocycles. The zero-order chi connectivity index (χ0) is 20.4. The van der Waals surface area contributed by atoms with E-state index < -0.39 is 10.0 Å². The van der Waals surface area contributed by atoms with Crippen molar-refractivity contribution in [1.29, 1.82) is 0 Å². The molecule has 0 saturated carbocycles. The first-order valence-corrected chi connectivity index (χ1v) is 11.1. The SMILES string of the molecule is Cc1ccc(S(=O)(=O)N2CCN(C(=O)Cc3cccc4cccnc34)CC2)cc1. The highest BCUT2D eigenvalue weighted by Gasteiger charge is 2.30. The molecule has 0 aliphatic carbocycles. The molecular formula is C22H23N3O3S. The second-order valence-electron chi connectivity index (χ2n) is 7.27. The fraction of sp³-hybridized carbons (Fsp3) is 0.273. The van der Waals surface area contributed by atoms with Crippen LogP contribution in [0.15, 0.2) is 65.7 Å². The Morgan fingerprint density at radius 3 is 2.38 bits per heavy atom. The highest BCUT2D eigenvalue weighted by atomic mass is 32.2. The van der Waals surface area contributed by atoms with E-state index in [0.717, 1.165) is 22.0 Å². The smallest absolute Gasteiger partial charge is 0.243 e. The summed E-state index contributed by atoms with van der Waals surface area (Å²) in [6.45, 7) is 3.31. The molecular weight excluding hydrogens is 386 g/mol. The fourth-order valence-electron chi connectivity index (χ4n) is 3.62. The number of nitrogens with zero attached hydrogens (tertiary/aromatic N) is 3. The number of rotatable bonds is 4. The number of carbonyl (C=O) groups is 1. The molecule has 0 spiro atoms. The number of para-hydroxylation sites is 1. The number of aryl methyl sites for hydroxylation is 1. The summed E-state index contributed by atoms with van der Waals surface area (Å²) in [5.74, 6) is -0.00413. The average Bonchev–Trinajstić information content (AvgIpc) is 2.74. The molecule has 0 radical (unpaired) electrons. The van der Waals surface area contributed by atoms with Crippen molar-refractivity contribution in [2.45, 2.75) is 18.2 Å². The van der Waals surface area contributed by atoms with E-state index in [2.05, 4.69) is 4.98 Å². The molecule has 0 atom stereocenters. The predicted octanol–water partition coefficient (Wildman–Crippen LogP) is 2.62. The molecule has 6 nitrogen and oxygen atoms in total. The Morgan fingerprint density at radius 1 is 0.966 bits per heavy atom. The minimum atomic E-state index is -3.53. The number of hydrogen-bond donors (Lipinski definition) is 0. The first-order chi connectivity index (χ1) is 13.9. The van der Waals surface area contributed by atoms with Gasteiger partial charge in [-0.1, -0.05) is 42.0 Å². The summed E-state index contributed by atoms with van der Waals surface area (Å²) in [5, 5.41) is 1.01. The second kappa shape index (κ2) is 7.93. The van der Waals surface area contributed by atoms with Gasteiger partial charge in [0.15, 0.2) is 0 Å². The van der Waals surface area contributed by atoms with Gasteiger partial charge in [-0.3, -0.25) is 9.78 Å². The normalized spacial score (nSPS) is 15.6. The lowest BCUT2D eigenvalue weighted by molar-refractivity contribution is -0.131. The van der Waals surface area contributed by atoms with Gasteiger partial charge in [0.25, 0.3) is 0 Å². The molecule has 0 unspecified atom stereocenters. The number of carbonyl (C=O) groups excluding carboxylic acids is 1. The van der Waals surface area contributed by atoms with Gasteiger partial charge in [-0.05, 0) is 30.7 Å². The van der Waals surface area contributed by atoms with E-state index in [1.807, 2.05) is 37.3 Å². The third-order valence-corrected chi connectivity index (χ3v) is 7.22. The van der Waals surface area contributed by atoms with E-state index in [4.69, 9.17) is 0 Å². The summed E-state index contributed by atoms with van der Waals surface area (Å²) in [4.78, 5) is 19.2. The lowest BCUT2D eigenvalue weighted by atomic mass is 10.1. The highest BCUT2D eigenvalue weighted by molar-refractivity contribution is 7.89. The quantitative estimate of drug-likeness (QED) is 0.664. The molecule has 0 N–H and O–H groups in total. The van der Waals surface area contributed by atoms with Gasteiger partial charge < -0.3 is 4.90 Å². The Labute approximate surface area is 170 Å². The average molecular weight is 410 g/mol. The number of pyridine rings is 1. The molecule has 7 heteroatoms. The van der Waals surface area contributed by atoms with Gasteiger partial charge in [0, 0.05) is 37.8 Å². The van der Waals surface area contributed by atoms with Crippen LogP contribution in [-0.2, 0) is 21.2 Å². The molecule has 4 rings (SSSR count). The van der Waals surface area contributed by atoms with Crippen LogP contribution < -0.4 is 0 Å². The summed E-state index contributed by atoms with van der Waals surface area (Å²) in [6.07, 6.45) is 1.99. The van der Waals surface area contributed by atoms with Crippen LogP contribution in [0.2, 0.25) is 0 Å². The number of amides is 1. The lowest BCUT2D eigenvalue weighted by Gasteiger charge is -2.34. The van der Waals surface area contributed by atoms with E-state index in [1.54, 1.807) is 35.4 Å². The summed E-state index contributed by atoms with van der Waals surface area (Å²) in [5.41, 5.74) is 2.74. The molecule has 150 valence electrons. The van der Waals surface area contributed by atoms with Crippen molar-refractivity contribution < 1.29 is 13.2 Å². The Kier molecular flexibility index (Phi) is 5.34. The Morgan fingerprint density at radius 2 is 1.66 bits per heavy atom. The number of fused-ring (bicyclic) bond motifs is 1. The van der Waals surface area contributed by atoms with Crippen LogP contribution in [0, 0.1) is 6.92 Å². The molecule has 1 aromatic heterocycles. The Bertz CT molecular complexity index is 1130. The number of hydrogen-bond acceptors (Lipinski definition) is 4. The van der Waals surface area contributed by atoms with E-state index >= 15 is 0 Å². The van der Waals surface area contributed by atoms with Crippen LogP contribution in [-0.4, -0.2) is 54.7 Å². The van der Waals surface area contributed by atoms with Gasteiger partial charge in [0.05, 0.1) is 16.8 Å². The first-order valence-electron chi connectivity index (χ1n) is 9.62. The van der Waals surface area contributed by atoms with Gasteiger partial charge in [-0.15, -0.1) is 0 Å². The van der Waals surface area contributed by atoms with Crippen molar-refractivity contribution in [2.75, 3.05) is 26.2 Å². The van der Waals surface area contributed by atoms with Gasteiger partial charge >= 0.3 is 0 Å². The number of piperazine rings is 1. The van der Waals surface area contributed by atoms with Crippen LogP contribution >= 0.6 is 0 Å². The molecule has 1 amide bonds. The Balaban J connectivity index is 1.43. The van der Waals surface area contributed by atoms with E-state index in [9.17, 15) is 13.2 Å². The van der Waals surface area contributed by atoms with Crippen molar-refractivity contribution >= 4 is 26.8 Å². The molecule has 1 aliphatic heterocycles. The van der Waals surface area contributed by atoms with Gasteiger partial charge in [-0.2, -0.15) is 4.31 Å². The summed E-state index contributed by atoms with van der Waals surface area (Å²) < 4.78 is 27.1.